The van der Waals surface area contributed by atoms with Crippen molar-refractivity contribution in [2.45, 2.75) is 18.2 Å². The van der Waals surface area contributed by atoms with Crippen LogP contribution in [0.1, 0.15) is 12.0 Å². The lowest BCUT2D eigenvalue weighted by atomic mass is 10.1. The molecule has 1 aromatic rings. The van der Waals surface area contributed by atoms with E-state index < -0.39 is 4.92 Å². The molecule has 2 aliphatic rings. The molecule has 1 fully saturated rings. The van der Waals surface area contributed by atoms with Gasteiger partial charge in [-0.15, -0.1) is 11.8 Å². The van der Waals surface area contributed by atoms with Crippen molar-refractivity contribution in [3.63, 3.8) is 0 Å². The van der Waals surface area contributed by atoms with Crippen molar-refractivity contribution >= 4 is 23.4 Å². The van der Waals surface area contributed by atoms with E-state index in [0.29, 0.717) is 6.42 Å². The summed E-state index contributed by atoms with van der Waals surface area (Å²) in [6, 6.07) is 6.54. The standard InChI is InChI=1S/C12H10N2O3S/c15-11-6-12-13(11)7-10(18-12)5-8-1-3-9(4-2-8)14(16)17/h1-4,7,12H,5-6H2/t12-/m1/s1. The Hall–Kier alpha value is -1.82. The molecule has 1 aromatic carbocycles. The van der Waals surface area contributed by atoms with E-state index in [2.05, 4.69) is 0 Å². The van der Waals surface area contributed by atoms with Gasteiger partial charge in [0.05, 0.1) is 16.7 Å². The van der Waals surface area contributed by atoms with Gasteiger partial charge in [0.25, 0.3) is 5.69 Å². The Balaban J connectivity index is 1.70. The van der Waals surface area contributed by atoms with Crippen LogP contribution in [0.4, 0.5) is 5.69 Å². The molecule has 0 aliphatic carbocycles. The molecule has 92 valence electrons. The van der Waals surface area contributed by atoms with Crippen LogP contribution in [-0.2, 0) is 11.2 Å². The largest absolute Gasteiger partial charge is 0.305 e. The molecule has 0 aromatic heterocycles. The van der Waals surface area contributed by atoms with E-state index in [9.17, 15) is 14.9 Å². The smallest absolute Gasteiger partial charge is 0.269 e. The average Bonchev–Trinajstić information content (AvgIpc) is 2.67. The van der Waals surface area contributed by atoms with E-state index in [1.54, 1.807) is 28.8 Å². The fourth-order valence-electron chi connectivity index (χ4n) is 2.04. The molecule has 18 heavy (non-hydrogen) atoms. The van der Waals surface area contributed by atoms with Gasteiger partial charge in [-0.3, -0.25) is 14.9 Å². The molecule has 0 bridgehead atoms. The number of amides is 1. The van der Waals surface area contributed by atoms with E-state index >= 15 is 0 Å². The number of hydrogen-bond acceptors (Lipinski definition) is 4. The van der Waals surface area contributed by atoms with Gasteiger partial charge in [-0.2, -0.15) is 0 Å². The van der Waals surface area contributed by atoms with Crippen LogP contribution in [0.2, 0.25) is 0 Å². The van der Waals surface area contributed by atoms with Crippen LogP contribution >= 0.6 is 11.8 Å². The number of thioether (sulfide) groups is 1. The Morgan fingerprint density at radius 1 is 1.39 bits per heavy atom. The van der Waals surface area contributed by atoms with Crippen molar-refractivity contribution in [1.29, 1.82) is 0 Å². The molecule has 0 N–H and O–H groups in total. The van der Waals surface area contributed by atoms with E-state index in [-0.39, 0.29) is 17.0 Å². The van der Waals surface area contributed by atoms with Crippen molar-refractivity contribution in [2.75, 3.05) is 0 Å². The molecule has 3 rings (SSSR count). The van der Waals surface area contributed by atoms with Gasteiger partial charge in [-0.1, -0.05) is 12.1 Å². The molecule has 1 atom stereocenters. The summed E-state index contributed by atoms with van der Waals surface area (Å²) in [5.41, 5.74) is 1.13. The Bertz CT molecular complexity index is 553. The monoisotopic (exact) mass is 262 g/mol. The second kappa shape index (κ2) is 4.13. The Morgan fingerprint density at radius 3 is 2.67 bits per heavy atom. The van der Waals surface area contributed by atoms with E-state index in [1.807, 2.05) is 6.20 Å². The first-order chi connectivity index (χ1) is 8.63. The van der Waals surface area contributed by atoms with Gasteiger partial charge in [-0.25, -0.2) is 0 Å². The summed E-state index contributed by atoms with van der Waals surface area (Å²) in [6.07, 6.45) is 3.23. The minimum Gasteiger partial charge on any atom is -0.305 e. The molecule has 1 amide bonds. The molecule has 5 nitrogen and oxygen atoms in total. The number of nitro groups is 1. The number of nitro benzene ring substituents is 1. The second-order valence-electron chi connectivity index (χ2n) is 4.27. The maximum absolute atomic E-state index is 11.2. The molecule has 1 saturated heterocycles. The fraction of sp³-hybridized carbons (Fsp3) is 0.250. The number of rotatable bonds is 3. The van der Waals surface area contributed by atoms with Crippen LogP contribution in [0, 0.1) is 10.1 Å². The Morgan fingerprint density at radius 2 is 2.11 bits per heavy atom. The molecular weight excluding hydrogens is 252 g/mol. The maximum Gasteiger partial charge on any atom is 0.269 e. The molecule has 0 spiro atoms. The highest BCUT2D eigenvalue weighted by molar-refractivity contribution is 8.04. The highest BCUT2D eigenvalue weighted by atomic mass is 32.2. The highest BCUT2D eigenvalue weighted by Crippen LogP contribution is 2.42. The summed E-state index contributed by atoms with van der Waals surface area (Å²) < 4.78 is 0. The third kappa shape index (κ3) is 1.88. The van der Waals surface area contributed by atoms with Gasteiger partial charge >= 0.3 is 0 Å². The van der Waals surface area contributed by atoms with E-state index in [0.717, 1.165) is 16.9 Å². The van der Waals surface area contributed by atoms with Crippen molar-refractivity contribution in [3.8, 4) is 0 Å². The predicted molar refractivity (Wildman–Crippen MR) is 67.7 cm³/mol. The fourth-order valence-corrected chi connectivity index (χ4v) is 3.33. The molecule has 0 unspecified atom stereocenters. The zero-order valence-electron chi connectivity index (χ0n) is 9.41. The number of allylic oxidation sites excluding steroid dienone is 1. The Kier molecular flexibility index (Phi) is 2.59. The molecule has 6 heteroatoms. The summed E-state index contributed by atoms with van der Waals surface area (Å²) in [5, 5.41) is 10.8. The molecule has 0 radical (unpaired) electrons. The SMILES string of the molecule is O=C1C[C@H]2SC(Cc3ccc([N+](=O)[O-])cc3)=CN12. The number of fused-ring (bicyclic) bond motifs is 1. The zero-order chi connectivity index (χ0) is 12.7. The van der Waals surface area contributed by atoms with Gasteiger partial charge in [0.15, 0.2) is 0 Å². The van der Waals surface area contributed by atoms with Crippen LogP contribution in [0.5, 0.6) is 0 Å². The maximum atomic E-state index is 11.2. The predicted octanol–water partition coefficient (Wildman–Crippen LogP) is 2.28. The summed E-state index contributed by atoms with van der Waals surface area (Å²) in [6.45, 7) is 0. The number of benzene rings is 1. The summed E-state index contributed by atoms with van der Waals surface area (Å²) >= 11 is 1.70. The van der Waals surface area contributed by atoms with Crippen molar-refractivity contribution in [3.05, 3.63) is 51.0 Å². The van der Waals surface area contributed by atoms with Gasteiger partial charge in [-0.05, 0) is 5.56 Å². The van der Waals surface area contributed by atoms with Crippen LogP contribution in [-0.4, -0.2) is 21.1 Å². The quantitative estimate of drug-likeness (QED) is 0.476. The van der Waals surface area contributed by atoms with Crippen LogP contribution in [0.15, 0.2) is 35.4 Å². The van der Waals surface area contributed by atoms with Crippen molar-refractivity contribution in [2.24, 2.45) is 0 Å². The molecule has 2 heterocycles. The van der Waals surface area contributed by atoms with Crippen LogP contribution in [0.3, 0.4) is 0 Å². The number of hydrogen-bond donors (Lipinski definition) is 0. The van der Waals surface area contributed by atoms with E-state index in [1.165, 1.54) is 12.1 Å². The number of non-ortho nitro benzene ring substituents is 1. The first-order valence-corrected chi connectivity index (χ1v) is 6.43. The molecule has 0 saturated carbocycles. The zero-order valence-corrected chi connectivity index (χ0v) is 10.2. The van der Waals surface area contributed by atoms with Gasteiger partial charge < -0.3 is 4.90 Å². The Labute approximate surface area is 108 Å². The topological polar surface area (TPSA) is 63.4 Å². The minimum atomic E-state index is -0.405. The van der Waals surface area contributed by atoms with Gasteiger partial charge in [0.1, 0.15) is 0 Å². The lowest BCUT2D eigenvalue weighted by molar-refractivity contribution is -0.384. The second-order valence-corrected chi connectivity index (χ2v) is 5.58. The summed E-state index contributed by atoms with van der Waals surface area (Å²) in [4.78, 5) is 24.2. The lowest BCUT2D eigenvalue weighted by Gasteiger charge is -2.31. The normalized spacial score (nSPS) is 21.3. The van der Waals surface area contributed by atoms with Crippen molar-refractivity contribution < 1.29 is 9.72 Å². The number of β-lactam (4-membered cyclic amide) rings is 1. The average molecular weight is 262 g/mol. The number of nitrogens with zero attached hydrogens (tertiary/aromatic N) is 2. The third-order valence-corrected chi connectivity index (χ3v) is 4.26. The van der Waals surface area contributed by atoms with Gasteiger partial charge in [0.2, 0.25) is 5.91 Å². The van der Waals surface area contributed by atoms with Crippen molar-refractivity contribution in [1.82, 2.24) is 4.90 Å². The van der Waals surface area contributed by atoms with Crippen LogP contribution < -0.4 is 0 Å². The van der Waals surface area contributed by atoms with Crippen LogP contribution in [0.25, 0.3) is 0 Å². The minimum absolute atomic E-state index is 0.103. The summed E-state index contributed by atoms with van der Waals surface area (Å²) in [5.74, 6) is 0.172. The first-order valence-electron chi connectivity index (χ1n) is 5.55. The number of carbonyl (C=O) groups excluding carboxylic acids is 1. The highest BCUT2D eigenvalue weighted by Gasteiger charge is 2.40. The van der Waals surface area contributed by atoms with Gasteiger partial charge in [0, 0.05) is 29.7 Å². The summed E-state index contributed by atoms with van der Waals surface area (Å²) in [7, 11) is 0. The molecule has 2 aliphatic heterocycles. The third-order valence-electron chi connectivity index (χ3n) is 3.04. The lowest BCUT2D eigenvalue weighted by Crippen LogP contribution is -2.44. The number of carbonyl (C=O) groups is 1. The molecular formula is C12H10N2O3S. The first kappa shape index (κ1) is 11.3. The van der Waals surface area contributed by atoms with E-state index in [4.69, 9.17) is 0 Å².